The Kier molecular flexibility index (Phi) is 3.11. The minimum absolute atomic E-state index is 0.181. The summed E-state index contributed by atoms with van der Waals surface area (Å²) < 4.78 is 5.57. The summed E-state index contributed by atoms with van der Waals surface area (Å²) in [5.41, 5.74) is 0.239. The summed E-state index contributed by atoms with van der Waals surface area (Å²) in [7, 11) is 0. The SMILES string of the molecule is O=C1CCCC[C@@]12CCCc1c(-c3nc(O)cc(=O)[nH]3)noc12. The number of nitrogens with zero attached hydrogens (tertiary/aromatic N) is 2. The molecule has 2 aromatic rings. The van der Waals surface area contributed by atoms with Crippen LogP contribution < -0.4 is 5.56 Å². The van der Waals surface area contributed by atoms with Gasteiger partial charge in [-0.1, -0.05) is 11.6 Å². The van der Waals surface area contributed by atoms with E-state index in [1.807, 2.05) is 0 Å². The highest BCUT2D eigenvalue weighted by molar-refractivity contribution is 5.91. The molecule has 2 aliphatic rings. The number of hydrogen-bond acceptors (Lipinski definition) is 6. The summed E-state index contributed by atoms with van der Waals surface area (Å²) in [5, 5.41) is 13.6. The van der Waals surface area contributed by atoms with Crippen LogP contribution in [0.3, 0.4) is 0 Å². The Labute approximate surface area is 131 Å². The Morgan fingerprint density at radius 1 is 1.17 bits per heavy atom. The van der Waals surface area contributed by atoms with E-state index in [1.54, 1.807) is 0 Å². The summed E-state index contributed by atoms with van der Waals surface area (Å²) in [6.45, 7) is 0. The van der Waals surface area contributed by atoms with Crippen molar-refractivity contribution in [2.45, 2.75) is 50.4 Å². The molecule has 1 spiro atoms. The van der Waals surface area contributed by atoms with E-state index < -0.39 is 11.0 Å². The number of Topliss-reactive ketones (excluding diaryl/α,β-unsaturated/α-hetero) is 1. The lowest BCUT2D eigenvalue weighted by atomic mass is 9.64. The number of carbonyl (C=O) groups excluding carboxylic acids is 1. The van der Waals surface area contributed by atoms with Crippen molar-refractivity contribution < 1.29 is 14.4 Å². The molecule has 1 saturated carbocycles. The van der Waals surface area contributed by atoms with Gasteiger partial charge in [-0.05, 0) is 32.1 Å². The lowest BCUT2D eigenvalue weighted by Crippen LogP contribution is -2.41. The largest absolute Gasteiger partial charge is 0.493 e. The monoisotopic (exact) mass is 315 g/mol. The minimum Gasteiger partial charge on any atom is -0.493 e. The molecule has 0 saturated heterocycles. The second-order valence-corrected chi connectivity index (χ2v) is 6.36. The van der Waals surface area contributed by atoms with Crippen molar-refractivity contribution >= 4 is 5.78 Å². The average Bonchev–Trinajstić information content (AvgIpc) is 2.95. The van der Waals surface area contributed by atoms with Crippen molar-refractivity contribution in [3.05, 3.63) is 27.7 Å². The third-order valence-corrected chi connectivity index (χ3v) is 5.00. The number of hydrogen-bond donors (Lipinski definition) is 2. The number of aromatic nitrogens is 3. The number of rotatable bonds is 1. The van der Waals surface area contributed by atoms with Crippen molar-refractivity contribution in [3.63, 3.8) is 0 Å². The summed E-state index contributed by atoms with van der Waals surface area (Å²) in [6, 6.07) is 1.00. The van der Waals surface area contributed by atoms with Crippen LogP contribution in [0.2, 0.25) is 0 Å². The molecular formula is C16H17N3O4. The quantitative estimate of drug-likeness (QED) is 0.831. The van der Waals surface area contributed by atoms with Gasteiger partial charge in [0.15, 0.2) is 17.3 Å². The topological polar surface area (TPSA) is 109 Å². The Morgan fingerprint density at radius 3 is 2.78 bits per heavy atom. The van der Waals surface area contributed by atoms with Crippen molar-refractivity contribution in [3.8, 4) is 17.4 Å². The lowest BCUT2D eigenvalue weighted by molar-refractivity contribution is -0.128. The molecule has 2 N–H and O–H groups in total. The van der Waals surface area contributed by atoms with Gasteiger partial charge in [0.1, 0.15) is 5.78 Å². The van der Waals surface area contributed by atoms with Gasteiger partial charge < -0.3 is 14.6 Å². The van der Waals surface area contributed by atoms with Gasteiger partial charge in [0.2, 0.25) is 5.88 Å². The second-order valence-electron chi connectivity index (χ2n) is 6.36. The van der Waals surface area contributed by atoms with E-state index in [4.69, 9.17) is 4.52 Å². The number of carbonyl (C=O) groups is 1. The highest BCUT2D eigenvalue weighted by Gasteiger charge is 2.48. The van der Waals surface area contributed by atoms with Crippen molar-refractivity contribution in [2.75, 3.05) is 0 Å². The number of aromatic hydroxyl groups is 1. The van der Waals surface area contributed by atoms with Gasteiger partial charge in [-0.15, -0.1) is 0 Å². The maximum absolute atomic E-state index is 12.6. The third-order valence-electron chi connectivity index (χ3n) is 5.00. The van der Waals surface area contributed by atoms with Crippen LogP contribution in [0.15, 0.2) is 15.4 Å². The van der Waals surface area contributed by atoms with Crippen LogP contribution in [0, 0.1) is 0 Å². The van der Waals surface area contributed by atoms with Crippen LogP contribution in [0.25, 0.3) is 11.5 Å². The van der Waals surface area contributed by atoms with Crippen LogP contribution in [-0.4, -0.2) is 26.0 Å². The van der Waals surface area contributed by atoms with E-state index in [1.165, 1.54) is 0 Å². The second kappa shape index (κ2) is 5.04. The summed E-state index contributed by atoms with van der Waals surface area (Å²) in [5.74, 6) is 0.680. The van der Waals surface area contributed by atoms with Crippen LogP contribution in [0.4, 0.5) is 0 Å². The zero-order valence-corrected chi connectivity index (χ0v) is 12.6. The molecule has 120 valence electrons. The van der Waals surface area contributed by atoms with Gasteiger partial charge in [-0.3, -0.25) is 9.59 Å². The molecule has 2 aliphatic carbocycles. The fourth-order valence-corrected chi connectivity index (χ4v) is 3.94. The molecule has 23 heavy (non-hydrogen) atoms. The number of aromatic amines is 1. The molecule has 2 heterocycles. The van der Waals surface area contributed by atoms with Crippen molar-refractivity contribution in [1.29, 1.82) is 0 Å². The highest BCUT2D eigenvalue weighted by Crippen LogP contribution is 2.47. The van der Waals surface area contributed by atoms with E-state index in [9.17, 15) is 14.7 Å². The molecule has 0 bridgehead atoms. The number of H-pyrrole nitrogens is 1. The van der Waals surface area contributed by atoms with Crippen LogP contribution in [-0.2, 0) is 16.6 Å². The lowest BCUT2D eigenvalue weighted by Gasteiger charge is -2.36. The predicted molar refractivity (Wildman–Crippen MR) is 80.1 cm³/mol. The summed E-state index contributed by atoms with van der Waals surface area (Å²) >= 11 is 0. The van der Waals surface area contributed by atoms with E-state index in [0.29, 0.717) is 17.9 Å². The smallest absolute Gasteiger partial charge is 0.255 e. The standard InChI is InChI=1S/C16H17N3O4/c20-10-5-1-2-6-16(10)7-3-4-9-13(19-23-14(9)16)15-17-11(21)8-12(22)18-15/h8H,1-7H2,(H2,17,18,21,22)/t16-/m1/s1. The van der Waals surface area contributed by atoms with Gasteiger partial charge >= 0.3 is 0 Å². The Balaban J connectivity index is 1.86. The summed E-state index contributed by atoms with van der Waals surface area (Å²) in [4.78, 5) is 30.6. The first kappa shape index (κ1) is 14.2. The van der Waals surface area contributed by atoms with Gasteiger partial charge in [-0.2, -0.15) is 4.98 Å². The molecule has 4 rings (SSSR count). The Bertz CT molecular complexity index is 838. The fourth-order valence-electron chi connectivity index (χ4n) is 3.94. The first-order chi connectivity index (χ1) is 11.1. The minimum atomic E-state index is -0.561. The molecule has 2 aromatic heterocycles. The molecule has 0 aromatic carbocycles. The number of fused-ring (bicyclic) bond motifs is 2. The van der Waals surface area contributed by atoms with Gasteiger partial charge in [0.25, 0.3) is 5.56 Å². The number of ketones is 1. The van der Waals surface area contributed by atoms with E-state index in [0.717, 1.165) is 50.2 Å². The molecule has 0 radical (unpaired) electrons. The molecule has 7 nitrogen and oxygen atoms in total. The van der Waals surface area contributed by atoms with Crippen molar-refractivity contribution in [2.24, 2.45) is 0 Å². The Hall–Kier alpha value is -2.44. The highest BCUT2D eigenvalue weighted by atomic mass is 16.5. The van der Waals surface area contributed by atoms with Gasteiger partial charge in [0, 0.05) is 12.0 Å². The van der Waals surface area contributed by atoms with Crippen LogP contribution in [0.5, 0.6) is 5.88 Å². The van der Waals surface area contributed by atoms with E-state index >= 15 is 0 Å². The zero-order chi connectivity index (χ0) is 16.0. The normalized spacial score (nSPS) is 23.9. The zero-order valence-electron chi connectivity index (χ0n) is 12.6. The molecule has 1 atom stereocenters. The predicted octanol–water partition coefficient (Wildman–Crippen LogP) is 1.85. The first-order valence-corrected chi connectivity index (χ1v) is 7.93. The van der Waals surface area contributed by atoms with Gasteiger partial charge in [0.05, 0.1) is 11.5 Å². The molecule has 0 amide bonds. The van der Waals surface area contributed by atoms with Crippen molar-refractivity contribution in [1.82, 2.24) is 15.1 Å². The maximum atomic E-state index is 12.6. The number of nitrogens with one attached hydrogen (secondary N) is 1. The molecule has 0 aliphatic heterocycles. The summed E-state index contributed by atoms with van der Waals surface area (Å²) in [6.07, 6.45) is 5.69. The fraction of sp³-hybridized carbons (Fsp3) is 0.500. The third kappa shape index (κ3) is 2.10. The first-order valence-electron chi connectivity index (χ1n) is 7.93. The average molecular weight is 315 g/mol. The molecule has 1 fully saturated rings. The van der Waals surface area contributed by atoms with Crippen LogP contribution in [0.1, 0.15) is 49.8 Å². The molecule has 7 heteroatoms. The molecule has 0 unspecified atom stereocenters. The van der Waals surface area contributed by atoms with Crippen LogP contribution >= 0.6 is 0 Å². The van der Waals surface area contributed by atoms with E-state index in [-0.39, 0.29) is 17.5 Å². The van der Waals surface area contributed by atoms with E-state index in [2.05, 4.69) is 15.1 Å². The maximum Gasteiger partial charge on any atom is 0.255 e. The molecular weight excluding hydrogens is 298 g/mol. The Morgan fingerprint density at radius 2 is 2.00 bits per heavy atom. The van der Waals surface area contributed by atoms with Gasteiger partial charge in [-0.25, -0.2) is 0 Å².